The number of allylic oxidation sites excluding steroid dienone is 12. The van der Waals surface area contributed by atoms with Crippen LogP contribution in [0, 0.1) is 0 Å². The Morgan fingerprint density at radius 2 is 1.63 bits per heavy atom. The van der Waals surface area contributed by atoms with E-state index >= 15 is 0 Å². The lowest BCUT2D eigenvalue weighted by Gasteiger charge is -1.95. The first-order chi connectivity index (χ1) is 9.28. The Morgan fingerprint density at radius 3 is 2.21 bits per heavy atom. The summed E-state index contributed by atoms with van der Waals surface area (Å²) < 4.78 is 0. The Balaban J connectivity index is 4.99. The van der Waals surface area contributed by atoms with E-state index in [-0.39, 0.29) is 0 Å². The van der Waals surface area contributed by atoms with Crippen LogP contribution in [0.1, 0.15) is 13.3 Å². The van der Waals surface area contributed by atoms with E-state index in [4.69, 9.17) is 0 Å². The van der Waals surface area contributed by atoms with Gasteiger partial charge in [-0.05, 0) is 23.6 Å². The lowest BCUT2D eigenvalue weighted by molar-refractivity contribution is 1.21. The first-order valence-corrected chi connectivity index (χ1v) is 6.37. The van der Waals surface area contributed by atoms with Crippen LogP contribution in [-0.4, -0.2) is 13.3 Å². The summed E-state index contributed by atoms with van der Waals surface area (Å²) in [6, 6.07) is 0. The highest BCUT2D eigenvalue weighted by atomic mass is 14.6. The molecule has 0 heterocycles. The molecule has 0 spiro atoms. The Morgan fingerprint density at radius 1 is 0.947 bits per heavy atom. The first kappa shape index (κ1) is 16.9. The van der Waals surface area contributed by atoms with Crippen LogP contribution in [0.15, 0.2) is 90.1 Å². The molecule has 0 aromatic carbocycles. The third kappa shape index (κ3) is 9.54. The maximum atomic E-state index is 3.91. The second kappa shape index (κ2) is 12.3. The van der Waals surface area contributed by atoms with E-state index in [0.717, 1.165) is 17.6 Å². The van der Waals surface area contributed by atoms with Crippen LogP contribution in [0.25, 0.3) is 0 Å². The summed E-state index contributed by atoms with van der Waals surface area (Å²) in [4.78, 5) is 3.91. The zero-order chi connectivity index (χ0) is 14.3. The average Bonchev–Trinajstić information content (AvgIpc) is 2.42. The van der Waals surface area contributed by atoms with Crippen LogP contribution in [0.3, 0.4) is 0 Å². The molecule has 0 saturated carbocycles. The van der Waals surface area contributed by atoms with Crippen molar-refractivity contribution in [2.75, 3.05) is 7.05 Å². The zero-order valence-electron chi connectivity index (χ0n) is 11.9. The molecule has 0 saturated heterocycles. The highest BCUT2D eigenvalue weighted by Crippen LogP contribution is 2.07. The molecular formula is C18H23N. The van der Waals surface area contributed by atoms with Crippen molar-refractivity contribution >= 4 is 6.21 Å². The maximum Gasteiger partial charge on any atom is 0.0277 e. The molecule has 0 rings (SSSR count). The van der Waals surface area contributed by atoms with E-state index in [1.165, 1.54) is 0 Å². The lowest BCUT2D eigenvalue weighted by atomic mass is 10.1. The van der Waals surface area contributed by atoms with Crippen molar-refractivity contribution in [2.45, 2.75) is 13.3 Å². The molecule has 0 unspecified atom stereocenters. The van der Waals surface area contributed by atoms with Gasteiger partial charge in [-0.1, -0.05) is 74.8 Å². The van der Waals surface area contributed by atoms with Crippen LogP contribution >= 0.6 is 0 Å². The Bertz CT molecular complexity index is 440. The smallest absolute Gasteiger partial charge is 0.0277 e. The van der Waals surface area contributed by atoms with E-state index in [2.05, 4.69) is 43.3 Å². The van der Waals surface area contributed by atoms with E-state index in [9.17, 15) is 0 Å². The summed E-state index contributed by atoms with van der Waals surface area (Å²) in [7, 11) is 1.75. The van der Waals surface area contributed by atoms with Crippen molar-refractivity contribution in [1.29, 1.82) is 0 Å². The molecule has 0 radical (unpaired) electrons. The molecule has 0 aliphatic rings. The number of aliphatic imine (C=N–C) groups is 1. The highest BCUT2D eigenvalue weighted by molar-refractivity contribution is 5.72. The minimum Gasteiger partial charge on any atom is -0.297 e. The fourth-order valence-corrected chi connectivity index (χ4v) is 1.34. The first-order valence-electron chi connectivity index (χ1n) is 6.37. The summed E-state index contributed by atoms with van der Waals surface area (Å²) in [5, 5.41) is 0. The summed E-state index contributed by atoms with van der Waals surface area (Å²) in [5.41, 5.74) is 2.24. The fraction of sp³-hybridized carbons (Fsp3) is 0.167. The van der Waals surface area contributed by atoms with Gasteiger partial charge < -0.3 is 0 Å². The highest BCUT2D eigenvalue weighted by Gasteiger charge is 1.87. The van der Waals surface area contributed by atoms with Gasteiger partial charge in [0.1, 0.15) is 0 Å². The van der Waals surface area contributed by atoms with E-state index in [1.807, 2.05) is 30.4 Å². The molecule has 19 heavy (non-hydrogen) atoms. The lowest BCUT2D eigenvalue weighted by Crippen LogP contribution is -1.76. The van der Waals surface area contributed by atoms with Gasteiger partial charge in [-0.15, -0.1) is 0 Å². The molecule has 1 heteroatoms. The number of hydrogen-bond donors (Lipinski definition) is 0. The average molecular weight is 253 g/mol. The third-order valence-corrected chi connectivity index (χ3v) is 2.17. The van der Waals surface area contributed by atoms with Gasteiger partial charge in [-0.2, -0.15) is 0 Å². The summed E-state index contributed by atoms with van der Waals surface area (Å²) in [6.45, 7) is 9.52. The minimum absolute atomic E-state index is 1.000. The molecular weight excluding hydrogens is 230 g/mol. The molecule has 100 valence electrons. The molecule has 0 aromatic heterocycles. The Kier molecular flexibility index (Phi) is 10.9. The molecule has 0 bridgehead atoms. The standard InChI is InChI=1S/C18H23N/c1-5-8-12-17(10-6-2)14-15-18(11-7-3)13-9-16-19-4/h5,7-16H,1,3,6H2,2,4H3/b12-8-,13-9-,15-14?,17-10+,18-11+,19-16+. The van der Waals surface area contributed by atoms with Gasteiger partial charge in [-0.25, -0.2) is 0 Å². The molecule has 0 atom stereocenters. The van der Waals surface area contributed by atoms with Crippen molar-refractivity contribution in [3.63, 3.8) is 0 Å². The molecule has 0 fully saturated rings. The number of hydrogen-bond acceptors (Lipinski definition) is 1. The normalized spacial score (nSPS) is 14.2. The third-order valence-electron chi connectivity index (χ3n) is 2.17. The summed E-state index contributed by atoms with van der Waals surface area (Å²) in [5.74, 6) is 0. The van der Waals surface area contributed by atoms with Crippen molar-refractivity contribution in [2.24, 2.45) is 4.99 Å². The van der Waals surface area contributed by atoms with Crippen LogP contribution in [-0.2, 0) is 0 Å². The van der Waals surface area contributed by atoms with Crippen LogP contribution in [0.4, 0.5) is 0 Å². The quantitative estimate of drug-likeness (QED) is 0.427. The maximum absolute atomic E-state index is 3.91. The molecule has 1 nitrogen and oxygen atoms in total. The van der Waals surface area contributed by atoms with Crippen molar-refractivity contribution in [3.05, 3.63) is 85.1 Å². The van der Waals surface area contributed by atoms with E-state index in [0.29, 0.717) is 0 Å². The zero-order valence-corrected chi connectivity index (χ0v) is 11.9. The van der Waals surface area contributed by atoms with Crippen LogP contribution < -0.4 is 0 Å². The van der Waals surface area contributed by atoms with Gasteiger partial charge in [0.15, 0.2) is 0 Å². The van der Waals surface area contributed by atoms with Gasteiger partial charge in [0.2, 0.25) is 0 Å². The summed E-state index contributed by atoms with van der Waals surface area (Å²) >= 11 is 0. The van der Waals surface area contributed by atoms with Crippen molar-refractivity contribution < 1.29 is 0 Å². The van der Waals surface area contributed by atoms with Crippen molar-refractivity contribution in [3.8, 4) is 0 Å². The van der Waals surface area contributed by atoms with Gasteiger partial charge in [0, 0.05) is 13.3 Å². The number of nitrogens with zero attached hydrogens (tertiary/aromatic N) is 1. The van der Waals surface area contributed by atoms with Gasteiger partial charge in [0.05, 0.1) is 0 Å². The van der Waals surface area contributed by atoms with Gasteiger partial charge >= 0.3 is 0 Å². The fourth-order valence-electron chi connectivity index (χ4n) is 1.34. The summed E-state index contributed by atoms with van der Waals surface area (Å²) in [6.07, 6.45) is 22.4. The molecule has 0 amide bonds. The molecule has 0 N–H and O–H groups in total. The predicted molar refractivity (Wildman–Crippen MR) is 88.7 cm³/mol. The van der Waals surface area contributed by atoms with Gasteiger partial charge in [-0.3, -0.25) is 4.99 Å². The topological polar surface area (TPSA) is 12.4 Å². The van der Waals surface area contributed by atoms with Crippen LogP contribution in [0.2, 0.25) is 0 Å². The largest absolute Gasteiger partial charge is 0.297 e. The minimum atomic E-state index is 1.000. The Labute approximate surface area is 117 Å². The van der Waals surface area contributed by atoms with E-state index in [1.54, 1.807) is 25.4 Å². The molecule has 0 aromatic rings. The monoisotopic (exact) mass is 253 g/mol. The molecule has 0 aliphatic heterocycles. The second-order valence-electron chi connectivity index (χ2n) is 3.71. The molecule has 0 aliphatic carbocycles. The second-order valence-corrected chi connectivity index (χ2v) is 3.71. The van der Waals surface area contributed by atoms with Gasteiger partial charge in [0.25, 0.3) is 0 Å². The van der Waals surface area contributed by atoms with E-state index < -0.39 is 0 Å². The van der Waals surface area contributed by atoms with Crippen LogP contribution in [0.5, 0.6) is 0 Å². The number of rotatable bonds is 8. The SMILES string of the molecule is C=C/C=C\C(C=CC(/C=C\C=N\C)=C/C=C)=C/CC. The predicted octanol–water partition coefficient (Wildman–Crippen LogP) is 4.99. The van der Waals surface area contributed by atoms with Crippen molar-refractivity contribution in [1.82, 2.24) is 0 Å². The Hall–Kier alpha value is -2.15.